The molecule has 0 saturated carbocycles. The smallest absolute Gasteiger partial charge is 0.120 e. The van der Waals surface area contributed by atoms with Crippen molar-refractivity contribution >= 4 is 0 Å². The van der Waals surface area contributed by atoms with E-state index in [4.69, 9.17) is 9.84 Å². The van der Waals surface area contributed by atoms with Crippen LogP contribution in [0.4, 0.5) is 0 Å². The summed E-state index contributed by atoms with van der Waals surface area (Å²) < 4.78 is 5.70. The largest absolute Gasteiger partial charge is 0.508 e. The van der Waals surface area contributed by atoms with Gasteiger partial charge in [0.2, 0.25) is 0 Å². The number of phenolic OH excluding ortho intramolecular Hbond substituents is 1. The van der Waals surface area contributed by atoms with Gasteiger partial charge in [0.15, 0.2) is 0 Å². The normalized spacial score (nSPS) is 13.6. The van der Waals surface area contributed by atoms with E-state index in [1.165, 1.54) is 0 Å². The Hall–Kier alpha value is -1.22. The van der Waals surface area contributed by atoms with Crippen LogP contribution in [-0.2, 0) is 0 Å². The highest BCUT2D eigenvalue weighted by atomic mass is 16.5. The van der Waals surface area contributed by atoms with Gasteiger partial charge in [0.1, 0.15) is 17.1 Å². The number of aromatic hydroxyl groups is 1. The van der Waals surface area contributed by atoms with Crippen molar-refractivity contribution in [2.45, 2.75) is 38.9 Å². The minimum atomic E-state index is -0.412. The highest BCUT2D eigenvalue weighted by molar-refractivity contribution is 5.30. The molecule has 15 heavy (non-hydrogen) atoms. The molecule has 0 fully saturated rings. The SMILES string of the molecule is CC(O)CC(C)(C)Oc1ccc(O)cc1. The molecule has 1 atom stereocenters. The van der Waals surface area contributed by atoms with Crippen LogP contribution in [-0.4, -0.2) is 21.9 Å². The summed E-state index contributed by atoms with van der Waals surface area (Å²) in [7, 11) is 0. The molecule has 0 bridgehead atoms. The molecule has 2 N–H and O–H groups in total. The summed E-state index contributed by atoms with van der Waals surface area (Å²) in [4.78, 5) is 0. The Labute approximate surface area is 90.3 Å². The van der Waals surface area contributed by atoms with Gasteiger partial charge in [-0.2, -0.15) is 0 Å². The van der Waals surface area contributed by atoms with Crippen molar-refractivity contribution in [2.24, 2.45) is 0 Å². The molecule has 3 nitrogen and oxygen atoms in total. The molecule has 0 aromatic heterocycles. The first kappa shape index (κ1) is 11.9. The summed E-state index contributed by atoms with van der Waals surface area (Å²) >= 11 is 0. The van der Waals surface area contributed by atoms with Crippen LogP contribution in [0.15, 0.2) is 24.3 Å². The number of aliphatic hydroxyl groups excluding tert-OH is 1. The minimum Gasteiger partial charge on any atom is -0.508 e. The van der Waals surface area contributed by atoms with Gasteiger partial charge in [-0.05, 0) is 45.0 Å². The van der Waals surface area contributed by atoms with Crippen molar-refractivity contribution in [1.29, 1.82) is 0 Å². The van der Waals surface area contributed by atoms with E-state index in [1.54, 1.807) is 31.2 Å². The Morgan fingerprint density at radius 1 is 1.27 bits per heavy atom. The zero-order chi connectivity index (χ0) is 11.5. The van der Waals surface area contributed by atoms with Crippen LogP contribution in [0, 0.1) is 0 Å². The third kappa shape index (κ3) is 4.21. The number of aliphatic hydroxyl groups is 1. The molecular weight excluding hydrogens is 192 g/mol. The maximum atomic E-state index is 9.29. The van der Waals surface area contributed by atoms with E-state index in [2.05, 4.69) is 0 Å². The van der Waals surface area contributed by atoms with E-state index < -0.39 is 11.7 Å². The fourth-order valence-corrected chi connectivity index (χ4v) is 1.59. The summed E-state index contributed by atoms with van der Waals surface area (Å²) in [6.45, 7) is 5.58. The average molecular weight is 210 g/mol. The molecule has 1 aromatic carbocycles. The van der Waals surface area contributed by atoms with Gasteiger partial charge in [0.05, 0.1) is 6.10 Å². The third-order valence-corrected chi connectivity index (χ3v) is 2.02. The standard InChI is InChI=1S/C12H18O3/c1-9(13)8-12(2,3)15-11-6-4-10(14)5-7-11/h4-7,9,13-14H,8H2,1-3H3. The number of rotatable bonds is 4. The van der Waals surface area contributed by atoms with E-state index in [-0.39, 0.29) is 5.75 Å². The quantitative estimate of drug-likeness (QED) is 0.801. The van der Waals surface area contributed by atoms with Crippen molar-refractivity contribution in [3.63, 3.8) is 0 Å². The highest BCUT2D eigenvalue weighted by Gasteiger charge is 2.22. The molecule has 0 spiro atoms. The third-order valence-electron chi connectivity index (χ3n) is 2.02. The zero-order valence-corrected chi connectivity index (χ0v) is 9.40. The second-order valence-electron chi connectivity index (χ2n) is 4.41. The van der Waals surface area contributed by atoms with Gasteiger partial charge >= 0.3 is 0 Å². The van der Waals surface area contributed by atoms with Crippen molar-refractivity contribution in [3.8, 4) is 11.5 Å². The summed E-state index contributed by atoms with van der Waals surface area (Å²) in [6.07, 6.45) is 0.172. The first-order valence-electron chi connectivity index (χ1n) is 5.05. The molecule has 84 valence electrons. The van der Waals surface area contributed by atoms with Crippen molar-refractivity contribution in [2.75, 3.05) is 0 Å². The first-order valence-corrected chi connectivity index (χ1v) is 5.05. The molecule has 1 aromatic rings. The number of ether oxygens (including phenoxy) is 1. The topological polar surface area (TPSA) is 49.7 Å². The van der Waals surface area contributed by atoms with Crippen LogP contribution in [0.1, 0.15) is 27.2 Å². The van der Waals surface area contributed by atoms with Crippen molar-refractivity contribution in [1.82, 2.24) is 0 Å². The van der Waals surface area contributed by atoms with Gasteiger partial charge in [-0.25, -0.2) is 0 Å². The van der Waals surface area contributed by atoms with E-state index in [0.717, 1.165) is 0 Å². The van der Waals surface area contributed by atoms with Crippen LogP contribution in [0.2, 0.25) is 0 Å². The molecule has 1 unspecified atom stereocenters. The van der Waals surface area contributed by atoms with Crippen LogP contribution in [0.25, 0.3) is 0 Å². The summed E-state index contributed by atoms with van der Waals surface area (Å²) in [5.41, 5.74) is -0.412. The molecular formula is C12H18O3. The summed E-state index contributed by atoms with van der Waals surface area (Å²) in [5.74, 6) is 0.911. The maximum Gasteiger partial charge on any atom is 0.120 e. The van der Waals surface area contributed by atoms with Crippen molar-refractivity contribution in [3.05, 3.63) is 24.3 Å². The molecule has 0 amide bonds. The fraction of sp³-hybridized carbons (Fsp3) is 0.500. The molecule has 0 radical (unpaired) electrons. The molecule has 0 saturated heterocycles. The van der Waals surface area contributed by atoms with Gasteiger partial charge in [0.25, 0.3) is 0 Å². The second kappa shape index (κ2) is 4.53. The number of hydrogen-bond donors (Lipinski definition) is 2. The minimum absolute atomic E-state index is 0.218. The van der Waals surface area contributed by atoms with Gasteiger partial charge < -0.3 is 14.9 Å². The molecule has 0 aliphatic carbocycles. The Morgan fingerprint density at radius 2 is 1.80 bits per heavy atom. The average Bonchev–Trinajstić information content (AvgIpc) is 2.06. The lowest BCUT2D eigenvalue weighted by atomic mass is 10.0. The molecule has 0 aliphatic heterocycles. The summed E-state index contributed by atoms with van der Waals surface area (Å²) in [5, 5.41) is 18.4. The second-order valence-corrected chi connectivity index (χ2v) is 4.41. The molecule has 3 heteroatoms. The van der Waals surface area contributed by atoms with E-state index >= 15 is 0 Å². The van der Waals surface area contributed by atoms with Gasteiger partial charge in [-0.3, -0.25) is 0 Å². The van der Waals surface area contributed by atoms with E-state index in [0.29, 0.717) is 12.2 Å². The van der Waals surface area contributed by atoms with Crippen LogP contribution < -0.4 is 4.74 Å². The Kier molecular flexibility index (Phi) is 3.58. The van der Waals surface area contributed by atoms with Crippen molar-refractivity contribution < 1.29 is 14.9 Å². The van der Waals surface area contributed by atoms with E-state index in [9.17, 15) is 5.11 Å². The molecule has 0 heterocycles. The lowest BCUT2D eigenvalue weighted by Gasteiger charge is -2.27. The van der Waals surface area contributed by atoms with Crippen LogP contribution in [0.5, 0.6) is 11.5 Å². The van der Waals surface area contributed by atoms with Gasteiger partial charge in [0, 0.05) is 6.42 Å². The number of hydrogen-bond acceptors (Lipinski definition) is 3. The van der Waals surface area contributed by atoms with Crippen LogP contribution >= 0.6 is 0 Å². The molecule has 0 aliphatic rings. The zero-order valence-electron chi connectivity index (χ0n) is 9.40. The predicted octanol–water partition coefficient (Wildman–Crippen LogP) is 2.32. The fourth-order valence-electron chi connectivity index (χ4n) is 1.59. The number of benzene rings is 1. The van der Waals surface area contributed by atoms with Crippen LogP contribution in [0.3, 0.4) is 0 Å². The van der Waals surface area contributed by atoms with Gasteiger partial charge in [-0.1, -0.05) is 0 Å². The first-order chi connectivity index (χ1) is 6.89. The lowest BCUT2D eigenvalue weighted by molar-refractivity contribution is 0.0455. The lowest BCUT2D eigenvalue weighted by Crippen LogP contribution is -2.32. The van der Waals surface area contributed by atoms with Gasteiger partial charge in [-0.15, -0.1) is 0 Å². The summed E-state index contributed by atoms with van der Waals surface area (Å²) in [6, 6.07) is 6.57. The predicted molar refractivity (Wildman–Crippen MR) is 59.1 cm³/mol. The Bertz CT molecular complexity index is 301. The highest BCUT2D eigenvalue weighted by Crippen LogP contribution is 2.23. The monoisotopic (exact) mass is 210 g/mol. The number of phenols is 1. The maximum absolute atomic E-state index is 9.29. The molecule has 1 rings (SSSR count). The Balaban J connectivity index is 2.64. The van der Waals surface area contributed by atoms with E-state index in [1.807, 2.05) is 13.8 Å². The Morgan fingerprint density at radius 3 is 2.27 bits per heavy atom.